The molecular formula is C26H29FN2O4S. The first kappa shape index (κ1) is 25.2. The van der Waals surface area contributed by atoms with Gasteiger partial charge in [-0.25, -0.2) is 9.18 Å². The standard InChI is InChI=1S/C26H29FN2O4S/c1-5-20(4)29(26(30)28-25-14-9-18(2)15-19(25)3)17-21-7-6-8-23(16-21)33-34(31,32)24-12-10-22(27)11-13-24/h6-16,20H,5,17H2,1-4H3,(H,28,30). The van der Waals surface area contributed by atoms with Crippen molar-refractivity contribution < 1.29 is 21.8 Å². The lowest BCUT2D eigenvalue weighted by Gasteiger charge is -2.29. The number of hydrogen-bond acceptors (Lipinski definition) is 4. The smallest absolute Gasteiger partial charge is 0.339 e. The van der Waals surface area contributed by atoms with Gasteiger partial charge in [-0.3, -0.25) is 0 Å². The maximum Gasteiger partial charge on any atom is 0.339 e. The highest BCUT2D eigenvalue weighted by Gasteiger charge is 2.21. The number of anilines is 1. The number of halogens is 1. The van der Waals surface area contributed by atoms with Crippen molar-refractivity contribution in [1.29, 1.82) is 0 Å². The molecule has 0 aliphatic heterocycles. The van der Waals surface area contributed by atoms with E-state index in [-0.39, 0.29) is 29.3 Å². The summed E-state index contributed by atoms with van der Waals surface area (Å²) in [6.07, 6.45) is 0.745. The fraction of sp³-hybridized carbons (Fsp3) is 0.269. The van der Waals surface area contributed by atoms with E-state index in [1.165, 1.54) is 6.07 Å². The predicted molar refractivity (Wildman–Crippen MR) is 131 cm³/mol. The van der Waals surface area contributed by atoms with Gasteiger partial charge in [-0.05, 0) is 80.8 Å². The van der Waals surface area contributed by atoms with Crippen molar-refractivity contribution in [2.24, 2.45) is 0 Å². The van der Waals surface area contributed by atoms with Crippen LogP contribution in [0.1, 0.15) is 37.0 Å². The molecule has 3 aromatic carbocycles. The highest BCUT2D eigenvalue weighted by Crippen LogP contribution is 2.23. The van der Waals surface area contributed by atoms with Crippen LogP contribution in [0.15, 0.2) is 71.6 Å². The second kappa shape index (κ2) is 10.7. The van der Waals surface area contributed by atoms with Crippen LogP contribution in [0.4, 0.5) is 14.9 Å². The number of urea groups is 1. The van der Waals surface area contributed by atoms with E-state index in [0.29, 0.717) is 5.56 Å². The summed E-state index contributed by atoms with van der Waals surface area (Å²) in [7, 11) is -4.12. The molecule has 6 nitrogen and oxygen atoms in total. The molecule has 180 valence electrons. The summed E-state index contributed by atoms with van der Waals surface area (Å²) in [6.45, 7) is 8.16. The number of nitrogens with zero attached hydrogens (tertiary/aromatic N) is 1. The van der Waals surface area contributed by atoms with Crippen LogP contribution in [0.2, 0.25) is 0 Å². The highest BCUT2D eigenvalue weighted by atomic mass is 32.2. The SMILES string of the molecule is CCC(C)N(Cc1cccc(OS(=O)(=O)c2ccc(F)cc2)c1)C(=O)Nc1ccc(C)cc1C. The zero-order chi connectivity index (χ0) is 24.9. The third kappa shape index (κ3) is 6.35. The van der Waals surface area contributed by atoms with Gasteiger partial charge >= 0.3 is 16.1 Å². The molecule has 0 radical (unpaired) electrons. The Morgan fingerprint density at radius 1 is 1.06 bits per heavy atom. The molecule has 34 heavy (non-hydrogen) atoms. The molecule has 1 N–H and O–H groups in total. The van der Waals surface area contributed by atoms with E-state index in [0.717, 1.165) is 47.5 Å². The van der Waals surface area contributed by atoms with Gasteiger partial charge in [-0.1, -0.05) is 36.8 Å². The Morgan fingerprint density at radius 3 is 2.41 bits per heavy atom. The van der Waals surface area contributed by atoms with E-state index >= 15 is 0 Å². The molecule has 0 saturated heterocycles. The summed E-state index contributed by atoms with van der Waals surface area (Å²) >= 11 is 0. The number of hydrogen-bond donors (Lipinski definition) is 1. The Morgan fingerprint density at radius 2 is 1.76 bits per heavy atom. The van der Waals surface area contributed by atoms with Crippen LogP contribution >= 0.6 is 0 Å². The first-order valence-electron chi connectivity index (χ1n) is 11.0. The van der Waals surface area contributed by atoms with Gasteiger partial charge in [-0.2, -0.15) is 8.42 Å². The Hall–Kier alpha value is -3.39. The zero-order valence-electron chi connectivity index (χ0n) is 19.7. The van der Waals surface area contributed by atoms with Crippen LogP contribution in [0, 0.1) is 19.7 Å². The molecule has 1 unspecified atom stereocenters. The average molecular weight is 485 g/mol. The molecule has 2 amide bonds. The molecule has 0 heterocycles. The van der Waals surface area contributed by atoms with Crippen molar-refractivity contribution in [1.82, 2.24) is 4.90 Å². The quantitative estimate of drug-likeness (QED) is 0.395. The molecular weight excluding hydrogens is 455 g/mol. The van der Waals surface area contributed by atoms with Gasteiger partial charge in [0, 0.05) is 18.3 Å². The Bertz CT molecular complexity index is 1260. The number of benzene rings is 3. The molecule has 1 atom stereocenters. The second-order valence-electron chi connectivity index (χ2n) is 8.27. The first-order valence-corrected chi connectivity index (χ1v) is 12.4. The maximum atomic E-state index is 13.1. The van der Waals surface area contributed by atoms with E-state index in [1.54, 1.807) is 23.1 Å². The molecule has 0 saturated carbocycles. The number of carbonyl (C=O) groups is 1. The third-order valence-corrected chi connectivity index (χ3v) is 6.83. The van der Waals surface area contributed by atoms with Gasteiger partial charge in [0.2, 0.25) is 0 Å². The summed E-state index contributed by atoms with van der Waals surface area (Å²) < 4.78 is 43.5. The lowest BCUT2D eigenvalue weighted by Crippen LogP contribution is -2.40. The van der Waals surface area contributed by atoms with Crippen molar-refractivity contribution in [2.45, 2.75) is 51.6 Å². The topological polar surface area (TPSA) is 75.7 Å². The van der Waals surface area contributed by atoms with Crippen LogP contribution in [-0.2, 0) is 16.7 Å². The molecule has 0 fully saturated rings. The average Bonchev–Trinajstić information content (AvgIpc) is 2.79. The normalized spacial score (nSPS) is 12.1. The van der Waals surface area contributed by atoms with Gasteiger partial charge in [0.15, 0.2) is 0 Å². The Kier molecular flexibility index (Phi) is 7.94. The number of nitrogens with one attached hydrogen (secondary N) is 1. The molecule has 3 aromatic rings. The van der Waals surface area contributed by atoms with Crippen molar-refractivity contribution in [2.75, 3.05) is 5.32 Å². The summed E-state index contributed by atoms with van der Waals surface area (Å²) in [4.78, 5) is 14.7. The molecule has 0 bridgehead atoms. The lowest BCUT2D eigenvalue weighted by molar-refractivity contribution is 0.187. The predicted octanol–water partition coefficient (Wildman–Crippen LogP) is 6.04. The zero-order valence-corrected chi connectivity index (χ0v) is 20.5. The number of amides is 2. The molecule has 0 aliphatic carbocycles. The van der Waals surface area contributed by atoms with Crippen LogP contribution in [0.3, 0.4) is 0 Å². The van der Waals surface area contributed by atoms with Crippen molar-refractivity contribution in [3.8, 4) is 5.75 Å². The van der Waals surface area contributed by atoms with E-state index in [4.69, 9.17) is 4.18 Å². The van der Waals surface area contributed by atoms with Crippen LogP contribution < -0.4 is 9.50 Å². The highest BCUT2D eigenvalue weighted by molar-refractivity contribution is 7.87. The molecule has 3 rings (SSSR count). The van der Waals surface area contributed by atoms with Gasteiger partial charge in [0.05, 0.1) is 0 Å². The van der Waals surface area contributed by atoms with Crippen molar-refractivity contribution >= 4 is 21.8 Å². The number of aryl methyl sites for hydroxylation is 2. The van der Waals surface area contributed by atoms with Crippen LogP contribution in [0.25, 0.3) is 0 Å². The first-order chi connectivity index (χ1) is 16.1. The minimum atomic E-state index is -4.12. The molecule has 0 spiro atoms. The Balaban J connectivity index is 1.79. The largest absolute Gasteiger partial charge is 0.379 e. The van der Waals surface area contributed by atoms with E-state index in [2.05, 4.69) is 5.32 Å². The number of carbonyl (C=O) groups excluding carboxylic acids is 1. The fourth-order valence-corrected chi connectivity index (χ4v) is 4.38. The molecule has 8 heteroatoms. The Labute approximate surface area is 200 Å². The third-order valence-electron chi connectivity index (χ3n) is 5.57. The van der Waals surface area contributed by atoms with Crippen LogP contribution in [0.5, 0.6) is 5.75 Å². The van der Waals surface area contributed by atoms with E-state index < -0.39 is 15.9 Å². The van der Waals surface area contributed by atoms with Crippen molar-refractivity contribution in [3.05, 3.63) is 89.2 Å². The molecule has 0 aromatic heterocycles. The lowest BCUT2D eigenvalue weighted by atomic mass is 10.1. The van der Waals surface area contributed by atoms with Gasteiger partial charge in [-0.15, -0.1) is 0 Å². The van der Waals surface area contributed by atoms with Crippen molar-refractivity contribution in [3.63, 3.8) is 0 Å². The maximum absolute atomic E-state index is 13.1. The monoisotopic (exact) mass is 484 g/mol. The summed E-state index contributed by atoms with van der Waals surface area (Å²) in [6, 6.07) is 16.5. The van der Waals surface area contributed by atoms with Gasteiger partial charge < -0.3 is 14.4 Å². The summed E-state index contributed by atoms with van der Waals surface area (Å²) in [5.41, 5.74) is 3.54. The van der Waals surface area contributed by atoms with Gasteiger partial charge in [0.25, 0.3) is 0 Å². The van der Waals surface area contributed by atoms with Gasteiger partial charge in [0.1, 0.15) is 16.5 Å². The van der Waals surface area contributed by atoms with E-state index in [9.17, 15) is 17.6 Å². The minimum absolute atomic E-state index is 0.0572. The summed E-state index contributed by atoms with van der Waals surface area (Å²) in [5.74, 6) is -0.425. The fourth-order valence-electron chi connectivity index (χ4n) is 3.46. The van der Waals surface area contributed by atoms with Crippen LogP contribution in [-0.4, -0.2) is 25.4 Å². The second-order valence-corrected chi connectivity index (χ2v) is 9.82. The van der Waals surface area contributed by atoms with E-state index in [1.807, 2.05) is 45.9 Å². The summed E-state index contributed by atoms with van der Waals surface area (Å²) in [5, 5.41) is 2.98. The minimum Gasteiger partial charge on any atom is -0.379 e. The number of rotatable bonds is 8. The molecule has 0 aliphatic rings.